The number of carbonyl (C=O) groups is 1. The molecule has 1 heterocycles. The maximum Gasteiger partial charge on any atom is 0.330 e. The zero-order chi connectivity index (χ0) is 16.9. The highest BCUT2D eigenvalue weighted by atomic mass is 19.3. The topological polar surface area (TPSA) is 50.4 Å². The number of ether oxygens (including phenoxy) is 1. The summed E-state index contributed by atoms with van der Waals surface area (Å²) in [5.41, 5.74) is 1.01. The number of hydrogen-bond acceptors (Lipinski definition) is 3. The summed E-state index contributed by atoms with van der Waals surface area (Å²) < 4.78 is 54.1. The molecule has 0 aromatic heterocycles. The molecule has 1 amide bonds. The number of carbonyl (C=O) groups excluding carboxylic acids is 1. The van der Waals surface area contributed by atoms with Gasteiger partial charge in [-0.1, -0.05) is 12.1 Å². The van der Waals surface area contributed by atoms with Crippen molar-refractivity contribution in [2.75, 3.05) is 18.5 Å². The van der Waals surface area contributed by atoms with Gasteiger partial charge in [0.05, 0.1) is 12.6 Å². The second-order valence-electron chi connectivity index (χ2n) is 5.39. The lowest BCUT2D eigenvalue weighted by molar-refractivity contribution is -0.168. The smallest absolute Gasteiger partial charge is 0.330 e. The molecule has 8 heteroatoms. The Labute approximate surface area is 131 Å². The number of amides is 1. The van der Waals surface area contributed by atoms with Crippen LogP contribution >= 0.6 is 0 Å². The van der Waals surface area contributed by atoms with Crippen LogP contribution in [0.5, 0.6) is 0 Å². The molecular weight excluding hydrogens is 316 g/mol. The molecule has 0 aliphatic carbocycles. The third-order valence-electron chi connectivity index (χ3n) is 3.45. The zero-order valence-corrected chi connectivity index (χ0v) is 12.3. The van der Waals surface area contributed by atoms with E-state index >= 15 is 0 Å². The van der Waals surface area contributed by atoms with Crippen LogP contribution in [-0.2, 0) is 16.1 Å². The van der Waals surface area contributed by atoms with Gasteiger partial charge in [0.2, 0.25) is 5.91 Å². The Kier molecular flexibility index (Phi) is 5.95. The molecule has 128 valence electrons. The molecular formula is C15H18F4N2O2. The minimum atomic E-state index is -4.17. The van der Waals surface area contributed by atoms with E-state index in [2.05, 4.69) is 15.4 Å². The monoisotopic (exact) mass is 334 g/mol. The van der Waals surface area contributed by atoms with Crippen LogP contribution in [0, 0.1) is 0 Å². The van der Waals surface area contributed by atoms with Gasteiger partial charge in [-0.15, -0.1) is 0 Å². The van der Waals surface area contributed by atoms with Gasteiger partial charge in [-0.25, -0.2) is 8.78 Å². The number of alkyl halides is 4. The Morgan fingerprint density at radius 1 is 1.43 bits per heavy atom. The van der Waals surface area contributed by atoms with Crippen LogP contribution in [-0.4, -0.2) is 37.4 Å². The molecule has 0 radical (unpaired) electrons. The van der Waals surface area contributed by atoms with Gasteiger partial charge >= 0.3 is 12.3 Å². The van der Waals surface area contributed by atoms with Crippen molar-refractivity contribution in [1.29, 1.82) is 0 Å². The molecule has 0 spiro atoms. The average molecular weight is 334 g/mol. The summed E-state index contributed by atoms with van der Waals surface area (Å²) in [5, 5.41) is 5.79. The van der Waals surface area contributed by atoms with E-state index in [9.17, 15) is 22.4 Å². The highest BCUT2D eigenvalue weighted by Gasteiger charge is 2.40. The maximum atomic E-state index is 12.7. The number of rotatable bonds is 7. The van der Waals surface area contributed by atoms with E-state index in [1.807, 2.05) is 0 Å². The molecule has 1 atom stereocenters. The van der Waals surface area contributed by atoms with E-state index in [1.54, 1.807) is 24.3 Å². The summed E-state index contributed by atoms with van der Waals surface area (Å²) in [6.45, 7) is -0.800. The molecule has 1 unspecified atom stereocenters. The molecule has 2 N–H and O–H groups in total. The Morgan fingerprint density at radius 3 is 2.87 bits per heavy atom. The number of anilines is 1. The van der Waals surface area contributed by atoms with Crippen LogP contribution in [0.1, 0.15) is 18.4 Å². The number of halogens is 4. The standard InChI is InChI=1S/C15H18F4N2O2/c16-14(17)15(18,19)9-23-8-10-3-1-4-11(7-10)21-13(22)12-5-2-6-20-12/h1,3-4,7,12,14,20H,2,5-6,8-9H2,(H,21,22). The molecule has 0 bridgehead atoms. The van der Waals surface area contributed by atoms with E-state index in [4.69, 9.17) is 0 Å². The normalized spacial score (nSPS) is 18.4. The molecule has 1 saturated heterocycles. The summed E-state index contributed by atoms with van der Waals surface area (Å²) in [5.74, 6) is -4.33. The van der Waals surface area contributed by atoms with Crippen molar-refractivity contribution in [2.45, 2.75) is 37.8 Å². The fourth-order valence-electron chi connectivity index (χ4n) is 2.24. The molecule has 1 aromatic rings. The summed E-state index contributed by atoms with van der Waals surface area (Å²) >= 11 is 0. The molecule has 1 aliphatic rings. The maximum absolute atomic E-state index is 12.7. The van der Waals surface area contributed by atoms with Crippen LogP contribution in [0.4, 0.5) is 23.2 Å². The Bertz CT molecular complexity index is 534. The Morgan fingerprint density at radius 2 is 2.22 bits per heavy atom. The molecule has 23 heavy (non-hydrogen) atoms. The van der Waals surface area contributed by atoms with Crippen LogP contribution in [0.3, 0.4) is 0 Å². The third-order valence-corrected chi connectivity index (χ3v) is 3.45. The van der Waals surface area contributed by atoms with Gasteiger partial charge in [-0.2, -0.15) is 8.78 Å². The number of hydrogen-bond donors (Lipinski definition) is 2. The largest absolute Gasteiger partial charge is 0.370 e. The first-order valence-electron chi connectivity index (χ1n) is 7.25. The fourth-order valence-corrected chi connectivity index (χ4v) is 2.24. The zero-order valence-electron chi connectivity index (χ0n) is 12.3. The van der Waals surface area contributed by atoms with Gasteiger partial charge in [0.1, 0.15) is 6.61 Å². The van der Waals surface area contributed by atoms with Crippen molar-refractivity contribution in [3.8, 4) is 0 Å². The van der Waals surface area contributed by atoms with Crippen LogP contribution < -0.4 is 10.6 Å². The molecule has 1 aliphatic heterocycles. The lowest BCUT2D eigenvalue weighted by Crippen LogP contribution is -2.35. The van der Waals surface area contributed by atoms with Crippen LogP contribution in [0.25, 0.3) is 0 Å². The first-order valence-corrected chi connectivity index (χ1v) is 7.25. The fraction of sp³-hybridized carbons (Fsp3) is 0.533. The second-order valence-corrected chi connectivity index (χ2v) is 5.39. The molecule has 0 saturated carbocycles. The van der Waals surface area contributed by atoms with Crippen molar-refractivity contribution >= 4 is 11.6 Å². The van der Waals surface area contributed by atoms with Gasteiger partial charge in [-0.05, 0) is 37.1 Å². The van der Waals surface area contributed by atoms with E-state index in [0.29, 0.717) is 11.3 Å². The molecule has 2 rings (SSSR count). The van der Waals surface area contributed by atoms with Gasteiger partial charge in [0.25, 0.3) is 0 Å². The molecule has 1 aromatic carbocycles. The Hall–Kier alpha value is -1.67. The van der Waals surface area contributed by atoms with E-state index < -0.39 is 19.0 Å². The summed E-state index contributed by atoms with van der Waals surface area (Å²) in [7, 11) is 0. The number of nitrogens with one attached hydrogen (secondary N) is 2. The highest BCUT2D eigenvalue weighted by molar-refractivity contribution is 5.95. The van der Waals surface area contributed by atoms with Crippen LogP contribution in [0.2, 0.25) is 0 Å². The minimum absolute atomic E-state index is 0.162. The number of benzene rings is 1. The van der Waals surface area contributed by atoms with Gasteiger partial charge < -0.3 is 15.4 Å². The van der Waals surface area contributed by atoms with Gasteiger partial charge in [0, 0.05) is 5.69 Å². The van der Waals surface area contributed by atoms with Crippen molar-refractivity contribution < 1.29 is 27.1 Å². The third kappa shape index (κ3) is 5.18. The van der Waals surface area contributed by atoms with Gasteiger partial charge in [0.15, 0.2) is 0 Å². The van der Waals surface area contributed by atoms with Crippen molar-refractivity contribution in [1.82, 2.24) is 5.32 Å². The van der Waals surface area contributed by atoms with E-state index in [0.717, 1.165) is 19.4 Å². The first-order chi connectivity index (χ1) is 10.9. The quantitative estimate of drug-likeness (QED) is 0.754. The van der Waals surface area contributed by atoms with E-state index in [1.165, 1.54) is 0 Å². The van der Waals surface area contributed by atoms with E-state index in [-0.39, 0.29) is 18.6 Å². The van der Waals surface area contributed by atoms with Gasteiger partial charge in [-0.3, -0.25) is 4.79 Å². The van der Waals surface area contributed by atoms with Crippen molar-refractivity contribution in [3.63, 3.8) is 0 Å². The average Bonchev–Trinajstić information content (AvgIpc) is 3.01. The predicted octanol–water partition coefficient (Wildman–Crippen LogP) is 2.79. The summed E-state index contributed by atoms with van der Waals surface area (Å²) in [4.78, 5) is 12.0. The van der Waals surface area contributed by atoms with Crippen LogP contribution in [0.15, 0.2) is 24.3 Å². The second kappa shape index (κ2) is 7.74. The van der Waals surface area contributed by atoms with Crippen molar-refractivity contribution in [3.05, 3.63) is 29.8 Å². The highest BCUT2D eigenvalue weighted by Crippen LogP contribution is 2.23. The van der Waals surface area contributed by atoms with Crippen molar-refractivity contribution in [2.24, 2.45) is 0 Å². The SMILES string of the molecule is O=C(Nc1cccc(COCC(F)(F)C(F)F)c1)C1CCCN1. The predicted molar refractivity (Wildman–Crippen MR) is 76.7 cm³/mol. The minimum Gasteiger partial charge on any atom is -0.370 e. The lowest BCUT2D eigenvalue weighted by atomic mass is 10.2. The molecule has 4 nitrogen and oxygen atoms in total. The lowest BCUT2D eigenvalue weighted by Gasteiger charge is -2.15. The molecule has 1 fully saturated rings. The summed E-state index contributed by atoms with van der Waals surface area (Å²) in [6, 6.07) is 6.21. The summed E-state index contributed by atoms with van der Waals surface area (Å²) in [6.07, 6.45) is -2.06. The Balaban J connectivity index is 1.86. The first kappa shape index (κ1) is 17.7.